The Morgan fingerprint density at radius 2 is 2.10 bits per heavy atom. The summed E-state index contributed by atoms with van der Waals surface area (Å²) in [5.74, 6) is 0.296. The number of nitrogens with two attached hydrogens (primary N) is 1. The van der Waals surface area contributed by atoms with Crippen LogP contribution in [-0.4, -0.2) is 45.1 Å². The summed E-state index contributed by atoms with van der Waals surface area (Å²) in [6, 6.07) is 6.17. The molecule has 2 rings (SSSR count). The minimum absolute atomic E-state index is 0.0318. The predicted molar refractivity (Wildman–Crippen MR) is 77.2 cm³/mol. The predicted octanol–water partition coefficient (Wildman–Crippen LogP) is 0.899. The molecule has 0 bridgehead atoms. The highest BCUT2D eigenvalue weighted by molar-refractivity contribution is 7.90. The summed E-state index contributed by atoms with van der Waals surface area (Å²) < 4.78 is 23.1. The lowest BCUT2D eigenvalue weighted by Gasteiger charge is -2.27. The second-order valence-corrected chi connectivity index (χ2v) is 7.37. The fraction of sp³-hybridized carbons (Fsp3) is 0.500. The number of carbonyl (C=O) groups excluding carboxylic acids is 1. The molecule has 2 N–H and O–H groups in total. The van der Waals surface area contributed by atoms with Gasteiger partial charge in [0.05, 0.1) is 4.90 Å². The van der Waals surface area contributed by atoms with Crippen molar-refractivity contribution in [3.8, 4) is 0 Å². The van der Waals surface area contributed by atoms with E-state index in [1.807, 2.05) is 0 Å². The Kier molecular flexibility index (Phi) is 4.15. The lowest BCUT2D eigenvalue weighted by molar-refractivity contribution is 0.0718. The Balaban J connectivity index is 2.24. The number of sulfone groups is 1. The van der Waals surface area contributed by atoms with Gasteiger partial charge in [-0.2, -0.15) is 0 Å². The number of hydrogen-bond donors (Lipinski definition) is 1. The highest BCUT2D eigenvalue weighted by Gasteiger charge is 2.35. The zero-order valence-electron chi connectivity index (χ0n) is 11.7. The van der Waals surface area contributed by atoms with Gasteiger partial charge in [0, 0.05) is 31.5 Å². The zero-order valence-corrected chi connectivity index (χ0v) is 12.6. The SMILES string of the molecule is CN(C(=O)c1cccc(S(C)(=O)=O)c1)C(CN)C1CC1. The van der Waals surface area contributed by atoms with Gasteiger partial charge in [-0.3, -0.25) is 4.79 Å². The second-order valence-electron chi connectivity index (χ2n) is 5.36. The Morgan fingerprint density at radius 3 is 2.60 bits per heavy atom. The topological polar surface area (TPSA) is 80.5 Å². The number of benzene rings is 1. The maximum absolute atomic E-state index is 12.4. The van der Waals surface area contributed by atoms with Crippen molar-refractivity contribution >= 4 is 15.7 Å². The average Bonchev–Trinajstić information content (AvgIpc) is 3.22. The van der Waals surface area contributed by atoms with Crippen molar-refractivity contribution in [2.24, 2.45) is 11.7 Å². The highest BCUT2D eigenvalue weighted by atomic mass is 32.2. The Bertz CT molecular complexity index is 609. The number of likely N-dealkylation sites (N-methyl/N-ethyl adjacent to an activating group) is 1. The summed E-state index contributed by atoms with van der Waals surface area (Å²) in [5.41, 5.74) is 6.12. The van der Waals surface area contributed by atoms with Crippen LogP contribution in [0.3, 0.4) is 0 Å². The molecule has 20 heavy (non-hydrogen) atoms. The zero-order chi connectivity index (χ0) is 14.9. The largest absolute Gasteiger partial charge is 0.337 e. The van der Waals surface area contributed by atoms with Crippen LogP contribution < -0.4 is 5.73 Å². The van der Waals surface area contributed by atoms with Crippen LogP contribution in [0.4, 0.5) is 0 Å². The first-order valence-electron chi connectivity index (χ1n) is 6.62. The van der Waals surface area contributed by atoms with Gasteiger partial charge in [-0.1, -0.05) is 6.07 Å². The Morgan fingerprint density at radius 1 is 1.45 bits per heavy atom. The fourth-order valence-electron chi connectivity index (χ4n) is 2.36. The summed E-state index contributed by atoms with van der Waals surface area (Å²) in [6.45, 7) is 0.429. The molecule has 1 amide bonds. The molecule has 0 saturated heterocycles. The highest BCUT2D eigenvalue weighted by Crippen LogP contribution is 2.35. The van der Waals surface area contributed by atoms with Crippen LogP contribution in [0, 0.1) is 5.92 Å². The summed E-state index contributed by atoms with van der Waals surface area (Å²) in [4.78, 5) is 14.2. The molecule has 5 nitrogen and oxygen atoms in total. The Labute approximate surface area is 119 Å². The molecule has 1 unspecified atom stereocenters. The van der Waals surface area contributed by atoms with Crippen molar-refractivity contribution in [1.82, 2.24) is 4.90 Å². The molecular formula is C14H20N2O3S. The standard InChI is InChI=1S/C14H20N2O3S/c1-16(13(9-15)10-6-7-10)14(17)11-4-3-5-12(8-11)20(2,18)19/h3-5,8,10,13H,6-7,9,15H2,1-2H3. The average molecular weight is 296 g/mol. The molecule has 1 atom stereocenters. The normalized spacial score (nSPS) is 16.8. The number of carbonyl (C=O) groups is 1. The number of nitrogens with zero attached hydrogens (tertiary/aromatic N) is 1. The smallest absolute Gasteiger partial charge is 0.253 e. The first-order chi connectivity index (χ1) is 9.34. The number of amides is 1. The quantitative estimate of drug-likeness (QED) is 0.875. The molecule has 1 fully saturated rings. The third-order valence-corrected chi connectivity index (χ3v) is 4.84. The third kappa shape index (κ3) is 3.19. The van der Waals surface area contributed by atoms with E-state index in [-0.39, 0.29) is 16.8 Å². The third-order valence-electron chi connectivity index (χ3n) is 3.73. The van der Waals surface area contributed by atoms with Crippen molar-refractivity contribution < 1.29 is 13.2 Å². The van der Waals surface area contributed by atoms with Crippen molar-refractivity contribution in [2.75, 3.05) is 19.8 Å². The van der Waals surface area contributed by atoms with Crippen LogP contribution in [0.1, 0.15) is 23.2 Å². The molecule has 110 valence electrons. The van der Waals surface area contributed by atoms with E-state index in [2.05, 4.69) is 0 Å². The van der Waals surface area contributed by atoms with Crippen LogP contribution in [0.25, 0.3) is 0 Å². The molecule has 1 aliphatic carbocycles. The van der Waals surface area contributed by atoms with E-state index in [0.29, 0.717) is 18.0 Å². The summed E-state index contributed by atoms with van der Waals surface area (Å²) >= 11 is 0. The lowest BCUT2D eigenvalue weighted by Crippen LogP contribution is -2.43. The van der Waals surface area contributed by atoms with E-state index in [4.69, 9.17) is 5.73 Å². The van der Waals surface area contributed by atoms with E-state index in [9.17, 15) is 13.2 Å². The number of rotatable bonds is 5. The number of hydrogen-bond acceptors (Lipinski definition) is 4. The van der Waals surface area contributed by atoms with E-state index in [1.54, 1.807) is 24.1 Å². The van der Waals surface area contributed by atoms with Crippen LogP contribution in [0.15, 0.2) is 29.2 Å². The molecule has 0 radical (unpaired) electrons. The van der Waals surface area contributed by atoms with E-state index in [0.717, 1.165) is 19.1 Å². The van der Waals surface area contributed by atoms with Gasteiger partial charge in [-0.15, -0.1) is 0 Å². The molecular weight excluding hydrogens is 276 g/mol. The molecule has 0 heterocycles. The van der Waals surface area contributed by atoms with Gasteiger partial charge in [0.2, 0.25) is 0 Å². The van der Waals surface area contributed by atoms with Crippen LogP contribution >= 0.6 is 0 Å². The van der Waals surface area contributed by atoms with Gasteiger partial charge in [0.1, 0.15) is 0 Å². The van der Waals surface area contributed by atoms with Crippen LogP contribution in [0.5, 0.6) is 0 Å². The van der Waals surface area contributed by atoms with Crippen molar-refractivity contribution in [2.45, 2.75) is 23.8 Å². The van der Waals surface area contributed by atoms with Crippen LogP contribution in [-0.2, 0) is 9.84 Å². The van der Waals surface area contributed by atoms with Gasteiger partial charge in [0.15, 0.2) is 9.84 Å². The van der Waals surface area contributed by atoms with Crippen LogP contribution in [0.2, 0.25) is 0 Å². The minimum Gasteiger partial charge on any atom is -0.337 e. The molecule has 0 aromatic heterocycles. The van der Waals surface area contributed by atoms with E-state index >= 15 is 0 Å². The van der Waals surface area contributed by atoms with Gasteiger partial charge in [0.25, 0.3) is 5.91 Å². The lowest BCUT2D eigenvalue weighted by atomic mass is 10.1. The molecule has 0 spiro atoms. The summed E-state index contributed by atoms with van der Waals surface area (Å²) in [6.07, 6.45) is 3.33. The van der Waals surface area contributed by atoms with Gasteiger partial charge >= 0.3 is 0 Å². The van der Waals surface area contributed by atoms with Crippen molar-refractivity contribution in [3.63, 3.8) is 0 Å². The maximum atomic E-state index is 12.4. The molecule has 0 aliphatic heterocycles. The second kappa shape index (κ2) is 5.54. The first-order valence-corrected chi connectivity index (χ1v) is 8.51. The van der Waals surface area contributed by atoms with Gasteiger partial charge < -0.3 is 10.6 Å². The molecule has 6 heteroatoms. The van der Waals surface area contributed by atoms with Crippen molar-refractivity contribution in [3.05, 3.63) is 29.8 Å². The van der Waals surface area contributed by atoms with E-state index < -0.39 is 9.84 Å². The van der Waals surface area contributed by atoms with Gasteiger partial charge in [-0.05, 0) is 37.0 Å². The summed E-state index contributed by atoms with van der Waals surface area (Å²) in [5, 5.41) is 0. The summed E-state index contributed by atoms with van der Waals surface area (Å²) in [7, 11) is -1.58. The first kappa shape index (κ1) is 15.0. The Hall–Kier alpha value is -1.40. The minimum atomic E-state index is -3.31. The van der Waals surface area contributed by atoms with Crippen molar-refractivity contribution in [1.29, 1.82) is 0 Å². The monoisotopic (exact) mass is 296 g/mol. The molecule has 1 aromatic carbocycles. The molecule has 1 aromatic rings. The fourth-order valence-corrected chi connectivity index (χ4v) is 3.03. The molecule has 1 saturated carbocycles. The van der Waals surface area contributed by atoms with Gasteiger partial charge in [-0.25, -0.2) is 8.42 Å². The maximum Gasteiger partial charge on any atom is 0.253 e. The molecule has 1 aliphatic rings. The van der Waals surface area contributed by atoms with E-state index in [1.165, 1.54) is 12.1 Å².